The Morgan fingerprint density at radius 2 is 1.57 bits per heavy atom. The molecule has 0 atom stereocenters. The molecule has 0 amide bonds. The van der Waals surface area contributed by atoms with Gasteiger partial charge in [0.1, 0.15) is 0 Å². The molecule has 0 N–H and O–H groups in total. The van der Waals surface area contributed by atoms with Gasteiger partial charge < -0.3 is 4.70 Å². The van der Waals surface area contributed by atoms with Gasteiger partial charge in [-0.1, -0.05) is 5.82 Å². The van der Waals surface area contributed by atoms with Crippen LogP contribution in [0.4, 0.5) is 8.63 Å². The molecule has 0 fully saturated rings. The van der Waals surface area contributed by atoms with Gasteiger partial charge in [-0.25, -0.2) is 0 Å². The quantitative estimate of drug-likeness (QED) is 0.228. The molecule has 0 aromatic heterocycles. The van der Waals surface area contributed by atoms with E-state index in [1.165, 1.54) is 5.82 Å². The van der Waals surface area contributed by atoms with Gasteiger partial charge in [0.15, 0.2) is 0 Å². The molecule has 0 radical (unpaired) electrons. The van der Waals surface area contributed by atoms with Gasteiger partial charge >= 0.3 is 58.7 Å². The van der Waals surface area contributed by atoms with Gasteiger partial charge in [-0.05, 0) is 0 Å². The molecule has 0 aromatic carbocycles. The van der Waals surface area contributed by atoms with Crippen molar-refractivity contribution in [2.75, 3.05) is 0 Å². The van der Waals surface area contributed by atoms with Crippen LogP contribution in [0.15, 0.2) is 0 Å². The summed E-state index contributed by atoms with van der Waals surface area (Å²) >= 11 is 0. The molecule has 5 heteroatoms. The summed E-state index contributed by atoms with van der Waals surface area (Å²) < 4.78 is 21.1. The summed E-state index contributed by atoms with van der Waals surface area (Å²) in [5.74, 6) is 1.19. The summed E-state index contributed by atoms with van der Waals surface area (Å²) in [6.45, 7) is 0. The maximum atomic E-state index is 10.5. The number of rotatable bonds is 0. The third kappa shape index (κ3) is 19.3. The first-order chi connectivity index (χ1) is 2.27. The van der Waals surface area contributed by atoms with E-state index in [4.69, 9.17) is 0 Å². The first kappa shape index (κ1) is 15.7. The van der Waals surface area contributed by atoms with E-state index >= 15 is 0 Å². The monoisotopic (exact) mass is 132 g/mol. The average Bonchev–Trinajstić information content (AvgIpc) is 1.38. The predicted molar refractivity (Wildman–Crippen MR) is 16.8 cm³/mol. The van der Waals surface area contributed by atoms with Crippen molar-refractivity contribution in [1.82, 2.24) is 0 Å². The normalized spacial score (nSPS) is 4.14. The van der Waals surface area contributed by atoms with E-state index in [9.17, 15) is 8.63 Å². The second-order valence-corrected chi connectivity index (χ2v) is 0.467. The Kier molecular flexibility index (Phi) is 22.7. The molecule has 34 valence electrons. The molecule has 0 nitrogen and oxygen atoms in total. The van der Waals surface area contributed by atoms with Gasteiger partial charge in [-0.2, -0.15) is 0 Å². The van der Waals surface area contributed by atoms with E-state index in [0.717, 1.165) is 0 Å². The minimum Gasteiger partial charge on any atom is -1.00 e. The largest absolute Gasteiger partial charge is 1.00 e. The second kappa shape index (κ2) is 10.1. The summed E-state index contributed by atoms with van der Waals surface area (Å²) in [5.41, 5.74) is 0. The van der Waals surface area contributed by atoms with Crippen LogP contribution in [0.3, 0.4) is 0 Å². The number of terminal acetylenes is 1. The molecule has 0 saturated carbocycles. The smallest absolute Gasteiger partial charge is 1.00 e. The van der Waals surface area contributed by atoms with Crippen molar-refractivity contribution in [2.24, 2.45) is 0 Å². The van der Waals surface area contributed by atoms with Crippen molar-refractivity contribution in [3.8, 4) is 12.2 Å². The summed E-state index contributed by atoms with van der Waals surface area (Å²) in [4.78, 5) is 0. The first-order valence-corrected chi connectivity index (χ1v) is 1.01. The average molecular weight is 132 g/mol. The Balaban J connectivity index is -0.0000000800. The fourth-order valence-corrected chi connectivity index (χ4v) is 0. The van der Waals surface area contributed by atoms with Crippen LogP contribution in [0.5, 0.6) is 0 Å². The Hall–Kier alpha value is 1.05. The summed E-state index contributed by atoms with van der Waals surface area (Å²) in [6.07, 6.45) is 4.17. The van der Waals surface area contributed by atoms with Crippen LogP contribution >= 0.6 is 0 Å². The third-order valence-electron chi connectivity index (χ3n) is 0.126. The van der Waals surface area contributed by atoms with E-state index in [1.54, 1.807) is 0 Å². The second-order valence-electron chi connectivity index (χ2n) is 0.467. The van der Waals surface area contributed by atoms with Crippen LogP contribution in [-0.2, 0) is 0 Å². The van der Waals surface area contributed by atoms with Gasteiger partial charge in [0.25, 0.3) is 0 Å². The molecule has 0 rings (SSSR count). The molecule has 0 bridgehead atoms. The van der Waals surface area contributed by atoms with Crippen molar-refractivity contribution in [1.29, 1.82) is 0 Å². The minimum absolute atomic E-state index is 0. The molecule has 0 aliphatic carbocycles. The molecule has 0 spiro atoms. The van der Waals surface area contributed by atoms with Crippen molar-refractivity contribution in [3.63, 3.8) is 0 Å². The zero-order valence-corrected chi connectivity index (χ0v) is 6.91. The zero-order chi connectivity index (χ0) is 4.28. The minimum atomic E-state index is -2.59. The van der Waals surface area contributed by atoms with Gasteiger partial charge in [0, 0.05) is 0 Å². The first-order valence-electron chi connectivity index (χ1n) is 1.01. The van der Waals surface area contributed by atoms with E-state index in [0.29, 0.717) is 0 Å². The third-order valence-corrected chi connectivity index (χ3v) is 0.126. The van der Waals surface area contributed by atoms with Gasteiger partial charge in [0.05, 0.1) is 0 Å². The van der Waals surface area contributed by atoms with Gasteiger partial charge in [-0.3, -0.25) is 8.63 Å². The van der Waals surface area contributed by atoms with E-state index < -0.39 is 7.27 Å². The Morgan fingerprint density at radius 1 is 1.43 bits per heavy atom. The fourth-order valence-electron chi connectivity index (χ4n) is 0. The molecule has 0 saturated heterocycles. The molecule has 0 aliphatic rings. The van der Waals surface area contributed by atoms with Crippen LogP contribution in [0.2, 0.25) is 0 Å². The molecule has 0 aliphatic heterocycles. The van der Waals surface area contributed by atoms with Gasteiger partial charge in [-0.15, -0.1) is 6.42 Å². The standard InChI is InChI=1S/C2HBF2.FH.K/c1-2-3(4)5;;/h1H;1H;/q;;+1/p-1. The van der Waals surface area contributed by atoms with Crippen LogP contribution in [0, 0.1) is 12.2 Å². The summed E-state index contributed by atoms with van der Waals surface area (Å²) in [7, 11) is -2.59. The number of halogens is 3. The molecular weight excluding hydrogens is 131 g/mol. The number of hydrogen-bond donors (Lipinski definition) is 0. The fraction of sp³-hybridized carbons (Fsp3) is 0. The molecule has 0 unspecified atom stereocenters. The van der Waals surface area contributed by atoms with Crippen LogP contribution in [-0.4, -0.2) is 7.27 Å². The molecule has 0 aromatic rings. The Morgan fingerprint density at radius 3 is 1.57 bits per heavy atom. The van der Waals surface area contributed by atoms with E-state index in [-0.39, 0.29) is 56.1 Å². The zero-order valence-electron chi connectivity index (χ0n) is 3.79. The van der Waals surface area contributed by atoms with Crippen molar-refractivity contribution >= 4 is 7.27 Å². The van der Waals surface area contributed by atoms with Gasteiger partial charge in [0.2, 0.25) is 0 Å². The van der Waals surface area contributed by atoms with Crippen molar-refractivity contribution in [2.45, 2.75) is 0 Å². The van der Waals surface area contributed by atoms with Crippen LogP contribution in [0.1, 0.15) is 0 Å². The van der Waals surface area contributed by atoms with Crippen molar-refractivity contribution < 1.29 is 64.7 Å². The molecule has 7 heavy (non-hydrogen) atoms. The Bertz CT molecular complexity index is 58.4. The Labute approximate surface area is 83.0 Å². The van der Waals surface area contributed by atoms with Crippen molar-refractivity contribution in [3.05, 3.63) is 0 Å². The molecular formula is C2HBF3K. The van der Waals surface area contributed by atoms with E-state index in [2.05, 4.69) is 6.42 Å². The maximum absolute atomic E-state index is 10.5. The SMILES string of the molecule is C#CB(F)F.[F-].[K+]. The number of hydrogen-bond acceptors (Lipinski definition) is 0. The summed E-state index contributed by atoms with van der Waals surface area (Å²) in [5, 5.41) is 0. The topological polar surface area (TPSA) is 0 Å². The van der Waals surface area contributed by atoms with E-state index in [1.807, 2.05) is 0 Å². The predicted octanol–water partition coefficient (Wildman–Crippen LogP) is -5.41. The molecule has 0 heterocycles. The summed E-state index contributed by atoms with van der Waals surface area (Å²) in [6, 6.07) is 0. The van der Waals surface area contributed by atoms with Crippen LogP contribution in [0.25, 0.3) is 0 Å². The maximum Gasteiger partial charge on any atom is 1.00 e. The van der Waals surface area contributed by atoms with Crippen LogP contribution < -0.4 is 56.1 Å².